The number of halogens is 1. The normalized spacial score (nSPS) is 19.5. The highest BCUT2D eigenvalue weighted by atomic mass is 35.5. The minimum atomic E-state index is -0.491. The summed E-state index contributed by atoms with van der Waals surface area (Å²) in [5.41, 5.74) is 1.95. The lowest BCUT2D eigenvalue weighted by molar-refractivity contribution is -0.114. The van der Waals surface area contributed by atoms with Gasteiger partial charge in [-0.1, -0.05) is 29.8 Å². The van der Waals surface area contributed by atoms with Crippen LogP contribution < -0.4 is 5.32 Å². The van der Waals surface area contributed by atoms with Gasteiger partial charge in [-0.15, -0.1) is 0 Å². The van der Waals surface area contributed by atoms with E-state index in [4.69, 9.17) is 11.6 Å². The molecule has 0 radical (unpaired) electrons. The SMILES string of the molecule is CC(=O)C1=C(C)N(C)C(=O)NC1c1ccccc1Cl. The predicted octanol–water partition coefficient (Wildman–Crippen LogP) is 2.90. The highest BCUT2D eigenvalue weighted by Gasteiger charge is 2.33. The zero-order valence-electron chi connectivity index (χ0n) is 11.0. The molecule has 2 amide bonds. The number of ketones is 1. The number of Topliss-reactive ketones (excluding diaryl/α,β-unsaturated/α-hetero) is 1. The molecule has 1 aliphatic heterocycles. The summed E-state index contributed by atoms with van der Waals surface area (Å²) in [6.45, 7) is 3.26. The fourth-order valence-corrected chi connectivity index (χ4v) is 2.48. The van der Waals surface area contributed by atoms with Gasteiger partial charge in [-0.05, 0) is 25.5 Å². The molecule has 0 bridgehead atoms. The first-order valence-electron chi connectivity index (χ1n) is 5.94. The maximum atomic E-state index is 11.9. The first kappa shape index (κ1) is 13.6. The number of nitrogens with zero attached hydrogens (tertiary/aromatic N) is 1. The Kier molecular flexibility index (Phi) is 3.62. The quantitative estimate of drug-likeness (QED) is 0.904. The number of benzene rings is 1. The van der Waals surface area contributed by atoms with Gasteiger partial charge >= 0.3 is 6.03 Å². The Bertz CT molecular complexity index is 581. The molecule has 1 N–H and O–H groups in total. The maximum Gasteiger partial charge on any atom is 0.322 e. The lowest BCUT2D eigenvalue weighted by Gasteiger charge is -2.33. The van der Waals surface area contributed by atoms with Gasteiger partial charge in [0.25, 0.3) is 0 Å². The van der Waals surface area contributed by atoms with Crippen LogP contribution in [0.15, 0.2) is 35.5 Å². The highest BCUT2D eigenvalue weighted by molar-refractivity contribution is 6.31. The van der Waals surface area contributed by atoms with E-state index in [2.05, 4.69) is 5.32 Å². The van der Waals surface area contributed by atoms with Crippen LogP contribution in [0, 0.1) is 0 Å². The van der Waals surface area contributed by atoms with E-state index in [9.17, 15) is 9.59 Å². The average Bonchev–Trinajstić information content (AvgIpc) is 2.35. The second kappa shape index (κ2) is 5.05. The van der Waals surface area contributed by atoms with Gasteiger partial charge in [0.05, 0.1) is 6.04 Å². The van der Waals surface area contributed by atoms with Crippen molar-refractivity contribution in [3.05, 3.63) is 46.1 Å². The number of hydrogen-bond acceptors (Lipinski definition) is 2. The van der Waals surface area contributed by atoms with Gasteiger partial charge in [-0.2, -0.15) is 0 Å². The molecule has 1 aromatic carbocycles. The van der Waals surface area contributed by atoms with Crippen LogP contribution in [0.2, 0.25) is 5.02 Å². The number of rotatable bonds is 2. The van der Waals surface area contributed by atoms with Crippen LogP contribution in [-0.2, 0) is 4.79 Å². The summed E-state index contributed by atoms with van der Waals surface area (Å²) in [6.07, 6.45) is 0. The van der Waals surface area contributed by atoms with Crippen LogP contribution in [0.1, 0.15) is 25.5 Å². The zero-order valence-corrected chi connectivity index (χ0v) is 11.8. The maximum absolute atomic E-state index is 11.9. The Morgan fingerprint density at radius 1 is 1.37 bits per heavy atom. The number of amides is 2. The van der Waals surface area contributed by atoms with Crippen LogP contribution in [0.3, 0.4) is 0 Å². The van der Waals surface area contributed by atoms with Crippen LogP contribution in [0.4, 0.5) is 4.79 Å². The number of allylic oxidation sites excluding steroid dienone is 1. The summed E-state index contributed by atoms with van der Waals surface area (Å²) in [4.78, 5) is 25.2. The Morgan fingerprint density at radius 3 is 2.58 bits per heavy atom. The summed E-state index contributed by atoms with van der Waals surface area (Å²) in [5.74, 6) is -0.0748. The van der Waals surface area contributed by atoms with Crippen molar-refractivity contribution in [2.24, 2.45) is 0 Å². The second-order valence-electron chi connectivity index (χ2n) is 4.52. The van der Waals surface area contributed by atoms with E-state index in [1.54, 1.807) is 20.0 Å². The van der Waals surface area contributed by atoms with E-state index in [1.165, 1.54) is 11.8 Å². The lowest BCUT2D eigenvalue weighted by Crippen LogP contribution is -2.45. The van der Waals surface area contributed by atoms with Crippen molar-refractivity contribution in [3.8, 4) is 0 Å². The molecule has 100 valence electrons. The Morgan fingerprint density at radius 2 is 2.00 bits per heavy atom. The van der Waals surface area contributed by atoms with Crippen molar-refractivity contribution in [1.82, 2.24) is 10.2 Å². The molecular formula is C14H15ClN2O2. The molecule has 1 heterocycles. The molecule has 1 atom stereocenters. The minimum absolute atomic E-state index is 0.0748. The molecule has 19 heavy (non-hydrogen) atoms. The molecule has 5 heteroatoms. The van der Waals surface area contributed by atoms with Crippen molar-refractivity contribution >= 4 is 23.4 Å². The molecule has 0 spiro atoms. The second-order valence-corrected chi connectivity index (χ2v) is 4.93. The van der Waals surface area contributed by atoms with Gasteiger partial charge in [0.15, 0.2) is 5.78 Å². The number of carbonyl (C=O) groups excluding carboxylic acids is 2. The van der Waals surface area contributed by atoms with Gasteiger partial charge < -0.3 is 10.2 Å². The Labute approximate surface area is 117 Å². The van der Waals surface area contributed by atoms with Crippen LogP contribution in [0.25, 0.3) is 0 Å². The summed E-state index contributed by atoms with van der Waals surface area (Å²) in [7, 11) is 1.64. The summed E-state index contributed by atoms with van der Waals surface area (Å²) in [6, 6.07) is 6.47. The third kappa shape index (κ3) is 2.36. The molecule has 0 aliphatic carbocycles. The number of carbonyl (C=O) groups is 2. The van der Waals surface area contributed by atoms with Crippen LogP contribution in [-0.4, -0.2) is 23.8 Å². The van der Waals surface area contributed by atoms with Gasteiger partial charge in [0.2, 0.25) is 0 Å². The van der Waals surface area contributed by atoms with E-state index >= 15 is 0 Å². The average molecular weight is 279 g/mol. The predicted molar refractivity (Wildman–Crippen MR) is 73.9 cm³/mol. The summed E-state index contributed by atoms with van der Waals surface area (Å²) >= 11 is 6.16. The minimum Gasteiger partial charge on any atom is -0.327 e. The fourth-order valence-electron chi connectivity index (χ4n) is 2.23. The molecule has 1 aliphatic rings. The molecule has 0 fully saturated rings. The third-order valence-electron chi connectivity index (χ3n) is 3.35. The first-order valence-corrected chi connectivity index (χ1v) is 6.31. The van der Waals surface area contributed by atoms with Crippen molar-refractivity contribution in [2.75, 3.05) is 7.05 Å². The highest BCUT2D eigenvalue weighted by Crippen LogP contribution is 2.33. The molecule has 4 nitrogen and oxygen atoms in total. The van der Waals surface area contributed by atoms with Crippen molar-refractivity contribution in [2.45, 2.75) is 19.9 Å². The number of hydrogen-bond donors (Lipinski definition) is 1. The molecular weight excluding hydrogens is 264 g/mol. The van der Waals surface area contributed by atoms with Crippen molar-refractivity contribution in [1.29, 1.82) is 0 Å². The van der Waals surface area contributed by atoms with E-state index in [1.807, 2.05) is 18.2 Å². The number of urea groups is 1. The standard InChI is InChI=1S/C14H15ClN2O2/c1-8-12(9(2)18)13(16-14(19)17(8)3)10-6-4-5-7-11(10)15/h4-7,13H,1-3H3,(H,16,19). The molecule has 0 saturated carbocycles. The van der Waals surface area contributed by atoms with Crippen molar-refractivity contribution in [3.63, 3.8) is 0 Å². The lowest BCUT2D eigenvalue weighted by atomic mass is 9.92. The van der Waals surface area contributed by atoms with E-state index < -0.39 is 6.04 Å². The van der Waals surface area contributed by atoms with Gasteiger partial charge in [0, 0.05) is 23.3 Å². The molecule has 1 aromatic rings. The number of nitrogens with one attached hydrogen (secondary N) is 1. The van der Waals surface area contributed by atoms with E-state index in [0.29, 0.717) is 16.3 Å². The smallest absolute Gasteiger partial charge is 0.322 e. The third-order valence-corrected chi connectivity index (χ3v) is 3.69. The van der Waals surface area contributed by atoms with Gasteiger partial charge in [-0.25, -0.2) is 4.79 Å². The van der Waals surface area contributed by atoms with Crippen LogP contribution in [0.5, 0.6) is 0 Å². The fraction of sp³-hybridized carbons (Fsp3) is 0.286. The topological polar surface area (TPSA) is 49.4 Å². The molecule has 0 saturated heterocycles. The largest absolute Gasteiger partial charge is 0.327 e. The Hall–Kier alpha value is -1.81. The molecule has 0 aromatic heterocycles. The monoisotopic (exact) mass is 278 g/mol. The van der Waals surface area contributed by atoms with Gasteiger partial charge in [0.1, 0.15) is 0 Å². The Balaban J connectivity index is 2.59. The zero-order chi connectivity index (χ0) is 14.2. The van der Waals surface area contributed by atoms with Gasteiger partial charge in [-0.3, -0.25) is 4.79 Å². The summed E-state index contributed by atoms with van der Waals surface area (Å²) in [5, 5.41) is 3.34. The van der Waals surface area contributed by atoms with Crippen molar-refractivity contribution < 1.29 is 9.59 Å². The van der Waals surface area contributed by atoms with Crippen LogP contribution >= 0.6 is 11.6 Å². The van der Waals surface area contributed by atoms with E-state index in [-0.39, 0.29) is 11.8 Å². The molecule has 2 rings (SSSR count). The summed E-state index contributed by atoms with van der Waals surface area (Å²) < 4.78 is 0. The first-order chi connectivity index (χ1) is 8.93. The van der Waals surface area contributed by atoms with E-state index in [0.717, 1.165) is 5.56 Å². The molecule has 1 unspecified atom stereocenters.